The summed E-state index contributed by atoms with van der Waals surface area (Å²) in [5, 5.41) is 7.61. The lowest BCUT2D eigenvalue weighted by atomic mass is 9.96. The van der Waals surface area contributed by atoms with E-state index < -0.39 is 0 Å². The van der Waals surface area contributed by atoms with Crippen LogP contribution in [-0.4, -0.2) is 17.1 Å². The van der Waals surface area contributed by atoms with Crippen molar-refractivity contribution in [3.63, 3.8) is 0 Å². The summed E-state index contributed by atoms with van der Waals surface area (Å²) in [5.74, 6) is 0.678. The first-order valence-electron chi connectivity index (χ1n) is 10.3. The van der Waals surface area contributed by atoms with Crippen LogP contribution in [0.15, 0.2) is 83.9 Å². The van der Waals surface area contributed by atoms with Gasteiger partial charge in [0, 0.05) is 27.1 Å². The van der Waals surface area contributed by atoms with Crippen LogP contribution in [0.4, 0.5) is 10.8 Å². The number of pyridine rings is 1. The summed E-state index contributed by atoms with van der Waals surface area (Å²) >= 11 is 3.33. The van der Waals surface area contributed by atoms with Crippen LogP contribution in [-0.2, 0) is 0 Å². The number of thioether (sulfide) groups is 1. The van der Waals surface area contributed by atoms with Gasteiger partial charge in [-0.25, -0.2) is 4.98 Å². The number of hydrogen-bond acceptors (Lipinski definition) is 5. The normalized spacial score (nSPS) is 11.7. The molecule has 0 aliphatic rings. The fourth-order valence-electron chi connectivity index (χ4n) is 3.56. The zero-order chi connectivity index (χ0) is 22.5. The van der Waals surface area contributed by atoms with Crippen molar-refractivity contribution in [3.8, 4) is 0 Å². The molecule has 2 heterocycles. The molecule has 4 nitrogen and oxygen atoms in total. The van der Waals surface area contributed by atoms with Gasteiger partial charge in [-0.2, -0.15) is 0 Å². The highest BCUT2D eigenvalue weighted by Crippen LogP contribution is 2.41. The Bertz CT molecular complexity index is 1190. The van der Waals surface area contributed by atoms with Gasteiger partial charge < -0.3 is 10.6 Å². The van der Waals surface area contributed by atoms with Crippen LogP contribution in [0.2, 0.25) is 0 Å². The van der Waals surface area contributed by atoms with Gasteiger partial charge in [-0.1, -0.05) is 36.4 Å². The molecule has 0 fully saturated rings. The summed E-state index contributed by atoms with van der Waals surface area (Å²) in [4.78, 5) is 19.8. The van der Waals surface area contributed by atoms with Crippen molar-refractivity contribution >= 4 is 39.8 Å². The van der Waals surface area contributed by atoms with Gasteiger partial charge in [0.1, 0.15) is 10.8 Å². The Morgan fingerprint density at radius 3 is 2.34 bits per heavy atom. The molecule has 2 aromatic carbocycles. The van der Waals surface area contributed by atoms with Crippen LogP contribution in [0.3, 0.4) is 0 Å². The van der Waals surface area contributed by atoms with E-state index in [0.29, 0.717) is 5.56 Å². The molecule has 4 rings (SSSR count). The lowest BCUT2D eigenvalue weighted by molar-refractivity contribution is 0.102. The van der Waals surface area contributed by atoms with Crippen molar-refractivity contribution < 1.29 is 4.79 Å². The average molecular weight is 460 g/mol. The van der Waals surface area contributed by atoms with Crippen molar-refractivity contribution in [1.29, 1.82) is 0 Å². The number of aromatic nitrogens is 1. The first-order valence-corrected chi connectivity index (χ1v) is 12.4. The largest absolute Gasteiger partial charge is 0.359 e. The molecule has 32 heavy (non-hydrogen) atoms. The summed E-state index contributed by atoms with van der Waals surface area (Å²) < 4.78 is 0. The highest BCUT2D eigenvalue weighted by Gasteiger charge is 2.25. The van der Waals surface area contributed by atoms with E-state index in [4.69, 9.17) is 0 Å². The molecule has 1 amide bonds. The Balaban J connectivity index is 1.76. The SMILES string of the molecule is CSc1ccc(C(Nc2ccccn2)c2c(NC(=O)c3ccccc3)sc(C)c2C)cc1. The Labute approximate surface area is 197 Å². The maximum atomic E-state index is 12.9. The molecule has 0 saturated carbocycles. The molecular formula is C26H25N3OS2. The second-order valence-electron chi connectivity index (χ2n) is 7.41. The number of carbonyl (C=O) groups is 1. The van der Waals surface area contributed by atoms with Gasteiger partial charge in [0.15, 0.2) is 0 Å². The van der Waals surface area contributed by atoms with E-state index in [2.05, 4.69) is 60.0 Å². The van der Waals surface area contributed by atoms with Crippen molar-refractivity contribution in [2.75, 3.05) is 16.9 Å². The minimum atomic E-state index is -0.156. The number of nitrogens with one attached hydrogen (secondary N) is 2. The van der Waals surface area contributed by atoms with E-state index in [9.17, 15) is 4.79 Å². The molecule has 0 bridgehead atoms. The van der Waals surface area contributed by atoms with Gasteiger partial charge >= 0.3 is 0 Å². The second-order valence-corrected chi connectivity index (χ2v) is 9.52. The third-order valence-electron chi connectivity index (χ3n) is 5.39. The third-order valence-corrected chi connectivity index (χ3v) is 7.27. The number of hydrogen-bond donors (Lipinski definition) is 2. The van der Waals surface area contributed by atoms with Gasteiger partial charge in [-0.3, -0.25) is 4.79 Å². The summed E-state index contributed by atoms with van der Waals surface area (Å²) in [6.45, 7) is 4.21. The van der Waals surface area contributed by atoms with Gasteiger partial charge in [0.25, 0.3) is 5.91 Å². The maximum Gasteiger partial charge on any atom is 0.256 e. The number of nitrogens with zero attached hydrogens (tertiary/aromatic N) is 1. The van der Waals surface area contributed by atoms with Crippen LogP contribution >= 0.6 is 23.1 Å². The fraction of sp³-hybridized carbons (Fsp3) is 0.154. The number of amides is 1. The molecule has 162 valence electrons. The van der Waals surface area contributed by atoms with Gasteiger partial charge in [-0.15, -0.1) is 23.1 Å². The molecule has 6 heteroatoms. The molecule has 0 radical (unpaired) electrons. The molecule has 4 aromatic rings. The zero-order valence-corrected chi connectivity index (χ0v) is 19.9. The average Bonchev–Trinajstić information content (AvgIpc) is 3.11. The minimum Gasteiger partial charge on any atom is -0.359 e. The summed E-state index contributed by atoms with van der Waals surface area (Å²) in [6, 6.07) is 23.5. The first kappa shape index (κ1) is 22.1. The van der Waals surface area contributed by atoms with E-state index in [0.717, 1.165) is 21.9 Å². The quantitative estimate of drug-likeness (QED) is 0.294. The maximum absolute atomic E-state index is 12.9. The number of carbonyl (C=O) groups excluding carboxylic acids is 1. The van der Waals surface area contributed by atoms with E-state index in [1.807, 2.05) is 48.5 Å². The van der Waals surface area contributed by atoms with Gasteiger partial charge in [0.2, 0.25) is 0 Å². The number of thiophene rings is 1. The molecule has 2 N–H and O–H groups in total. The summed E-state index contributed by atoms with van der Waals surface area (Å²) in [6.07, 6.45) is 3.85. The van der Waals surface area contributed by atoms with E-state index in [1.54, 1.807) is 29.3 Å². The van der Waals surface area contributed by atoms with Crippen molar-refractivity contribution in [2.24, 2.45) is 0 Å². The standard InChI is InChI=1S/C26H25N3OS2/c1-17-18(2)32-26(29-25(30)20-9-5-4-6-10-20)23(17)24(28-22-11-7-8-16-27-22)19-12-14-21(31-3)15-13-19/h4-16,24H,1-3H3,(H,27,28)(H,29,30). The third kappa shape index (κ3) is 4.87. The second kappa shape index (κ2) is 10.0. The first-order chi connectivity index (χ1) is 15.6. The number of rotatable bonds is 7. The minimum absolute atomic E-state index is 0.109. The predicted octanol–water partition coefficient (Wildman–Crippen LogP) is 6.94. The molecule has 1 atom stereocenters. The number of anilines is 2. The van der Waals surface area contributed by atoms with Crippen molar-refractivity contribution in [3.05, 3.63) is 106 Å². The van der Waals surface area contributed by atoms with Gasteiger partial charge in [-0.05, 0) is 67.6 Å². The predicted molar refractivity (Wildman–Crippen MR) is 136 cm³/mol. The van der Waals surface area contributed by atoms with Crippen molar-refractivity contribution in [1.82, 2.24) is 4.98 Å². The topological polar surface area (TPSA) is 54.0 Å². The molecule has 1 unspecified atom stereocenters. The van der Waals surface area contributed by atoms with E-state index in [1.165, 1.54) is 15.3 Å². The van der Waals surface area contributed by atoms with E-state index >= 15 is 0 Å². The van der Waals surface area contributed by atoms with Gasteiger partial charge in [0.05, 0.1) is 6.04 Å². The molecule has 2 aromatic heterocycles. The van der Waals surface area contributed by atoms with E-state index in [-0.39, 0.29) is 11.9 Å². The highest BCUT2D eigenvalue weighted by atomic mass is 32.2. The molecule has 0 aliphatic heterocycles. The molecule has 0 aliphatic carbocycles. The van der Waals surface area contributed by atoms with Crippen LogP contribution in [0.25, 0.3) is 0 Å². The monoisotopic (exact) mass is 459 g/mol. The fourth-order valence-corrected chi connectivity index (χ4v) is 5.07. The highest BCUT2D eigenvalue weighted by molar-refractivity contribution is 7.98. The van der Waals surface area contributed by atoms with Crippen molar-refractivity contribution in [2.45, 2.75) is 24.8 Å². The van der Waals surface area contributed by atoms with Crippen LogP contribution in [0.5, 0.6) is 0 Å². The zero-order valence-electron chi connectivity index (χ0n) is 18.3. The molecular weight excluding hydrogens is 434 g/mol. The Kier molecular flexibility index (Phi) is 6.93. The summed E-state index contributed by atoms with van der Waals surface area (Å²) in [7, 11) is 0. The lowest BCUT2D eigenvalue weighted by Gasteiger charge is -2.22. The summed E-state index contributed by atoms with van der Waals surface area (Å²) in [5.41, 5.74) is 3.99. The van der Waals surface area contributed by atoms with Crippen LogP contribution < -0.4 is 10.6 Å². The Morgan fingerprint density at radius 2 is 1.69 bits per heavy atom. The number of aryl methyl sites for hydroxylation is 1. The number of benzene rings is 2. The Morgan fingerprint density at radius 1 is 0.969 bits per heavy atom. The molecule has 0 spiro atoms. The Hall–Kier alpha value is -3.09. The van der Waals surface area contributed by atoms with Crippen LogP contribution in [0.1, 0.15) is 38.0 Å². The van der Waals surface area contributed by atoms with Crippen LogP contribution in [0, 0.1) is 13.8 Å². The lowest BCUT2D eigenvalue weighted by Crippen LogP contribution is -2.18. The molecule has 0 saturated heterocycles. The smallest absolute Gasteiger partial charge is 0.256 e.